The second kappa shape index (κ2) is 6.67. The number of aromatic nitrogens is 2. The largest absolute Gasteiger partial charge is 0.296 e. The lowest BCUT2D eigenvalue weighted by Crippen LogP contribution is -2.35. The van der Waals surface area contributed by atoms with Gasteiger partial charge in [-0.15, -0.1) is 0 Å². The van der Waals surface area contributed by atoms with Crippen LogP contribution in [0.5, 0.6) is 0 Å². The van der Waals surface area contributed by atoms with Crippen molar-refractivity contribution in [2.75, 3.05) is 11.9 Å². The Labute approximate surface area is 153 Å². The van der Waals surface area contributed by atoms with Crippen LogP contribution in [-0.4, -0.2) is 29.1 Å². The minimum atomic E-state index is -0.608. The van der Waals surface area contributed by atoms with Gasteiger partial charge >= 0.3 is 0 Å². The first-order chi connectivity index (χ1) is 12.4. The van der Waals surface area contributed by atoms with Gasteiger partial charge in [0.25, 0.3) is 0 Å². The molecule has 2 aromatic rings. The van der Waals surface area contributed by atoms with Gasteiger partial charge in [-0.2, -0.15) is 0 Å². The van der Waals surface area contributed by atoms with Crippen LogP contribution < -0.4 is 4.90 Å². The summed E-state index contributed by atoms with van der Waals surface area (Å²) in [6, 6.07) is 6.03. The Hall–Kier alpha value is -3.08. The maximum absolute atomic E-state index is 13.1. The molecule has 0 radical (unpaired) electrons. The molecule has 5 heteroatoms. The Morgan fingerprint density at radius 3 is 2.54 bits per heavy atom. The Bertz CT molecular complexity index is 924. The number of allylic oxidation sites excluding steroid dienone is 2. The van der Waals surface area contributed by atoms with Gasteiger partial charge in [-0.25, -0.2) is 9.97 Å². The summed E-state index contributed by atoms with van der Waals surface area (Å²) >= 11 is 0. The van der Waals surface area contributed by atoms with Crippen LogP contribution in [0.4, 0.5) is 5.69 Å². The van der Waals surface area contributed by atoms with Crippen LogP contribution in [0.2, 0.25) is 0 Å². The molecule has 0 unspecified atom stereocenters. The van der Waals surface area contributed by atoms with Crippen molar-refractivity contribution in [2.45, 2.75) is 26.2 Å². The summed E-state index contributed by atoms with van der Waals surface area (Å²) in [4.78, 5) is 27.3. The third kappa shape index (κ3) is 2.86. The van der Waals surface area contributed by atoms with Crippen molar-refractivity contribution in [1.82, 2.24) is 9.97 Å². The van der Waals surface area contributed by atoms with Gasteiger partial charge in [-0.3, -0.25) is 14.7 Å². The van der Waals surface area contributed by atoms with E-state index in [1.165, 1.54) is 0 Å². The highest BCUT2D eigenvalue weighted by Crippen LogP contribution is 2.45. The molecule has 0 aliphatic carbocycles. The van der Waals surface area contributed by atoms with Crippen molar-refractivity contribution in [3.05, 3.63) is 66.4 Å². The quantitative estimate of drug-likeness (QED) is 0.624. The molecule has 132 valence electrons. The number of aliphatic imine (C=N–C) groups is 1. The molecule has 0 saturated carbocycles. The SMILES string of the molecule is C=C/C(=C\C=NC)N1C(=O)C(C)(C)c2ccc(-c3cnc(C)nc3)cc21. The van der Waals surface area contributed by atoms with Gasteiger partial charge in [-0.05, 0) is 50.1 Å². The van der Waals surface area contributed by atoms with Crippen LogP contribution in [0.25, 0.3) is 11.1 Å². The zero-order valence-corrected chi connectivity index (χ0v) is 15.5. The van der Waals surface area contributed by atoms with Gasteiger partial charge < -0.3 is 0 Å². The first-order valence-corrected chi connectivity index (χ1v) is 8.43. The van der Waals surface area contributed by atoms with E-state index in [0.717, 1.165) is 28.2 Å². The Balaban J connectivity index is 2.17. The summed E-state index contributed by atoms with van der Waals surface area (Å²) in [5.74, 6) is 0.740. The lowest BCUT2D eigenvalue weighted by Gasteiger charge is -2.21. The number of nitrogens with zero attached hydrogens (tertiary/aromatic N) is 4. The number of amides is 1. The molecule has 1 aliphatic heterocycles. The highest BCUT2D eigenvalue weighted by molar-refractivity contribution is 6.11. The fraction of sp³-hybridized carbons (Fsp3) is 0.238. The number of carbonyl (C=O) groups is 1. The first kappa shape index (κ1) is 17.7. The van der Waals surface area contributed by atoms with Crippen molar-refractivity contribution < 1.29 is 4.79 Å². The summed E-state index contributed by atoms with van der Waals surface area (Å²) in [5, 5.41) is 0. The van der Waals surface area contributed by atoms with Crippen LogP contribution in [0.15, 0.2) is 60.0 Å². The first-order valence-electron chi connectivity index (χ1n) is 8.43. The van der Waals surface area contributed by atoms with Crippen LogP contribution in [-0.2, 0) is 10.2 Å². The van der Waals surface area contributed by atoms with Crippen LogP contribution in [0, 0.1) is 6.92 Å². The van der Waals surface area contributed by atoms with Gasteiger partial charge in [0.15, 0.2) is 0 Å². The van der Waals surface area contributed by atoms with E-state index in [0.29, 0.717) is 5.70 Å². The molecular weight excluding hydrogens is 324 g/mol. The second-order valence-corrected chi connectivity index (χ2v) is 6.72. The number of carbonyl (C=O) groups excluding carboxylic acids is 1. The molecular formula is C21H22N4O. The van der Waals surface area contributed by atoms with Crippen LogP contribution in [0.3, 0.4) is 0 Å². The van der Waals surface area contributed by atoms with E-state index in [1.807, 2.05) is 39.0 Å². The zero-order chi connectivity index (χ0) is 18.9. The molecule has 0 bridgehead atoms. The van der Waals surface area contributed by atoms with Gasteiger partial charge in [0.1, 0.15) is 5.82 Å². The molecule has 3 rings (SSSR count). The molecule has 2 heterocycles. The summed E-state index contributed by atoms with van der Waals surface area (Å²) in [7, 11) is 1.69. The lowest BCUT2D eigenvalue weighted by molar-refractivity contribution is -0.121. The molecule has 0 fully saturated rings. The van der Waals surface area contributed by atoms with Crippen molar-refractivity contribution >= 4 is 17.8 Å². The van der Waals surface area contributed by atoms with Crippen LogP contribution in [0.1, 0.15) is 25.2 Å². The van der Waals surface area contributed by atoms with E-state index in [9.17, 15) is 4.79 Å². The molecule has 5 nitrogen and oxygen atoms in total. The number of aryl methyl sites for hydroxylation is 1. The van der Waals surface area contributed by atoms with Crippen LogP contribution >= 0.6 is 0 Å². The summed E-state index contributed by atoms with van der Waals surface area (Å²) in [6.07, 6.45) is 8.71. The zero-order valence-electron chi connectivity index (χ0n) is 15.5. The molecule has 1 aliphatic rings. The van der Waals surface area contributed by atoms with Gasteiger partial charge in [0, 0.05) is 36.9 Å². The average molecular weight is 346 g/mol. The number of hydrogen-bond donors (Lipinski definition) is 0. The number of fused-ring (bicyclic) bond motifs is 1. The van der Waals surface area contributed by atoms with E-state index in [4.69, 9.17) is 0 Å². The molecule has 0 spiro atoms. The predicted molar refractivity (Wildman–Crippen MR) is 105 cm³/mol. The number of rotatable bonds is 4. The van der Waals surface area contributed by atoms with Gasteiger partial charge in [-0.1, -0.05) is 18.7 Å². The normalized spacial score (nSPS) is 16.2. The topological polar surface area (TPSA) is 58.5 Å². The molecule has 1 aromatic carbocycles. The predicted octanol–water partition coefficient (Wildman–Crippen LogP) is 3.85. The Kier molecular flexibility index (Phi) is 4.55. The Morgan fingerprint density at radius 2 is 1.92 bits per heavy atom. The molecule has 0 saturated heterocycles. The molecule has 0 N–H and O–H groups in total. The number of anilines is 1. The van der Waals surface area contributed by atoms with Gasteiger partial charge in [0.05, 0.1) is 11.1 Å². The fourth-order valence-electron chi connectivity index (χ4n) is 3.11. The van der Waals surface area contributed by atoms with E-state index in [-0.39, 0.29) is 5.91 Å². The third-order valence-electron chi connectivity index (χ3n) is 4.63. The van der Waals surface area contributed by atoms with E-state index < -0.39 is 5.41 Å². The summed E-state index contributed by atoms with van der Waals surface area (Å²) < 4.78 is 0. The van der Waals surface area contributed by atoms with Crippen molar-refractivity contribution in [3.8, 4) is 11.1 Å². The summed E-state index contributed by atoms with van der Waals surface area (Å²) in [5.41, 5.74) is 3.81. The molecule has 1 aromatic heterocycles. The van der Waals surface area contributed by atoms with Gasteiger partial charge in [0.2, 0.25) is 5.91 Å². The fourth-order valence-corrected chi connectivity index (χ4v) is 3.11. The molecule has 26 heavy (non-hydrogen) atoms. The smallest absolute Gasteiger partial charge is 0.241 e. The van der Waals surface area contributed by atoms with E-state index in [2.05, 4.69) is 21.5 Å². The Morgan fingerprint density at radius 1 is 1.23 bits per heavy atom. The average Bonchev–Trinajstić information content (AvgIpc) is 2.83. The number of hydrogen-bond acceptors (Lipinski definition) is 4. The second-order valence-electron chi connectivity index (χ2n) is 6.72. The minimum Gasteiger partial charge on any atom is -0.296 e. The maximum Gasteiger partial charge on any atom is 0.241 e. The highest BCUT2D eigenvalue weighted by atomic mass is 16.2. The minimum absolute atomic E-state index is 0.0143. The van der Waals surface area contributed by atoms with E-state index >= 15 is 0 Å². The van der Waals surface area contributed by atoms with Crippen molar-refractivity contribution in [2.24, 2.45) is 4.99 Å². The van der Waals surface area contributed by atoms with Crippen molar-refractivity contribution in [3.63, 3.8) is 0 Å². The molecule has 1 amide bonds. The molecule has 0 atom stereocenters. The number of benzene rings is 1. The van der Waals surface area contributed by atoms with Crippen molar-refractivity contribution in [1.29, 1.82) is 0 Å². The maximum atomic E-state index is 13.1. The summed E-state index contributed by atoms with van der Waals surface area (Å²) in [6.45, 7) is 9.60. The lowest BCUT2D eigenvalue weighted by atomic mass is 9.85. The highest BCUT2D eigenvalue weighted by Gasteiger charge is 2.44. The van der Waals surface area contributed by atoms with E-state index in [1.54, 1.807) is 42.7 Å². The third-order valence-corrected chi connectivity index (χ3v) is 4.63. The monoisotopic (exact) mass is 346 g/mol. The standard InChI is InChI=1S/C21H22N4O/c1-6-17(9-10-22-5)25-19-11-15(16-12-23-14(2)24-13-16)7-8-18(19)21(3,4)20(25)26/h6-13H,1H2,2-5H3/b17-9+,22-10?.